The average Bonchev–Trinajstić information content (AvgIpc) is 2.47. The number of phenols is 1. The van der Waals surface area contributed by atoms with E-state index in [4.69, 9.17) is 4.74 Å². The number of para-hydroxylation sites is 1. The molecule has 0 spiro atoms. The molecule has 0 saturated carbocycles. The molecule has 1 aliphatic rings. The molecule has 6 heteroatoms. The molecule has 6 nitrogen and oxygen atoms in total. The highest BCUT2D eigenvalue weighted by molar-refractivity contribution is 5.96. The normalized spacial score (nSPS) is 15.1. The maximum absolute atomic E-state index is 12.3. The van der Waals surface area contributed by atoms with Crippen LogP contribution < -0.4 is 0 Å². The average molecular weight is 278 g/mol. The van der Waals surface area contributed by atoms with Crippen LogP contribution in [0.15, 0.2) is 24.3 Å². The number of hydrogen-bond donors (Lipinski definition) is 1. The van der Waals surface area contributed by atoms with Crippen LogP contribution >= 0.6 is 0 Å². The van der Waals surface area contributed by atoms with E-state index in [-0.39, 0.29) is 23.3 Å². The van der Waals surface area contributed by atoms with Crippen molar-refractivity contribution in [3.05, 3.63) is 29.8 Å². The lowest BCUT2D eigenvalue weighted by atomic mass is 10.1. The zero-order valence-corrected chi connectivity index (χ0v) is 11.4. The molecule has 1 aliphatic heterocycles. The van der Waals surface area contributed by atoms with E-state index in [1.807, 2.05) is 0 Å². The van der Waals surface area contributed by atoms with E-state index in [1.54, 1.807) is 34.9 Å². The van der Waals surface area contributed by atoms with Crippen LogP contribution in [-0.4, -0.2) is 59.7 Å². The first-order chi connectivity index (χ1) is 9.63. The van der Waals surface area contributed by atoms with Gasteiger partial charge in [0.1, 0.15) is 5.75 Å². The number of carbonyl (C=O) groups excluding carboxylic acids is 2. The molecule has 1 fully saturated rings. The van der Waals surface area contributed by atoms with Crippen molar-refractivity contribution in [2.24, 2.45) is 0 Å². The molecule has 0 atom stereocenters. The lowest BCUT2D eigenvalue weighted by Gasteiger charge is -2.34. The van der Waals surface area contributed by atoms with Crippen molar-refractivity contribution in [1.29, 1.82) is 0 Å². The third kappa shape index (κ3) is 3.01. The minimum absolute atomic E-state index is 0.0228. The van der Waals surface area contributed by atoms with Gasteiger partial charge < -0.3 is 19.6 Å². The molecule has 0 aromatic heterocycles. The highest BCUT2D eigenvalue weighted by Gasteiger charge is 2.26. The van der Waals surface area contributed by atoms with Crippen molar-refractivity contribution < 1.29 is 19.4 Å². The van der Waals surface area contributed by atoms with Gasteiger partial charge >= 0.3 is 6.09 Å². The van der Waals surface area contributed by atoms with Gasteiger partial charge in [0.2, 0.25) is 0 Å². The van der Waals surface area contributed by atoms with Crippen LogP contribution in [0.5, 0.6) is 5.75 Å². The van der Waals surface area contributed by atoms with Gasteiger partial charge in [-0.05, 0) is 19.1 Å². The number of phenolic OH excluding ortho intramolecular Hbond substituents is 1. The van der Waals surface area contributed by atoms with Crippen LogP contribution in [0.1, 0.15) is 17.3 Å². The van der Waals surface area contributed by atoms with Gasteiger partial charge in [-0.25, -0.2) is 4.79 Å². The summed E-state index contributed by atoms with van der Waals surface area (Å²) < 4.78 is 4.92. The van der Waals surface area contributed by atoms with Gasteiger partial charge in [-0.1, -0.05) is 12.1 Å². The number of carbonyl (C=O) groups is 2. The van der Waals surface area contributed by atoms with Crippen LogP contribution in [0, 0.1) is 0 Å². The fourth-order valence-corrected chi connectivity index (χ4v) is 2.13. The quantitative estimate of drug-likeness (QED) is 0.885. The maximum atomic E-state index is 12.3. The van der Waals surface area contributed by atoms with E-state index >= 15 is 0 Å². The second kappa shape index (κ2) is 6.27. The molecule has 1 aromatic rings. The van der Waals surface area contributed by atoms with Crippen molar-refractivity contribution >= 4 is 12.0 Å². The maximum Gasteiger partial charge on any atom is 0.409 e. The Balaban J connectivity index is 1.96. The third-order valence-electron chi connectivity index (χ3n) is 3.23. The van der Waals surface area contributed by atoms with Gasteiger partial charge in [0, 0.05) is 26.2 Å². The van der Waals surface area contributed by atoms with E-state index in [9.17, 15) is 14.7 Å². The second-order valence-electron chi connectivity index (χ2n) is 4.50. The van der Waals surface area contributed by atoms with E-state index in [2.05, 4.69) is 0 Å². The monoisotopic (exact) mass is 278 g/mol. The summed E-state index contributed by atoms with van der Waals surface area (Å²) in [6.07, 6.45) is -0.345. The Morgan fingerprint density at radius 1 is 1.15 bits per heavy atom. The van der Waals surface area contributed by atoms with Crippen molar-refractivity contribution in [3.8, 4) is 5.75 Å². The molecular formula is C14H18N2O4. The third-order valence-corrected chi connectivity index (χ3v) is 3.23. The van der Waals surface area contributed by atoms with Gasteiger partial charge in [0.15, 0.2) is 0 Å². The van der Waals surface area contributed by atoms with Gasteiger partial charge in [-0.2, -0.15) is 0 Å². The summed E-state index contributed by atoms with van der Waals surface area (Å²) in [5.74, 6) is -0.239. The van der Waals surface area contributed by atoms with Crippen molar-refractivity contribution in [2.75, 3.05) is 32.8 Å². The molecule has 20 heavy (non-hydrogen) atoms. The number of rotatable bonds is 2. The van der Waals surface area contributed by atoms with Crippen molar-refractivity contribution in [3.63, 3.8) is 0 Å². The summed E-state index contributed by atoms with van der Waals surface area (Å²) in [5.41, 5.74) is 0.289. The summed E-state index contributed by atoms with van der Waals surface area (Å²) in [6, 6.07) is 6.46. The Hall–Kier alpha value is -2.24. The first-order valence-corrected chi connectivity index (χ1v) is 6.62. The summed E-state index contributed by atoms with van der Waals surface area (Å²) in [6.45, 7) is 3.86. The van der Waals surface area contributed by atoms with Crippen molar-refractivity contribution in [1.82, 2.24) is 9.80 Å². The molecular weight excluding hydrogens is 260 g/mol. The van der Waals surface area contributed by atoms with E-state index in [1.165, 1.54) is 6.07 Å². The van der Waals surface area contributed by atoms with Crippen LogP contribution in [0.3, 0.4) is 0 Å². The Labute approximate surface area is 117 Å². The lowest BCUT2D eigenvalue weighted by Crippen LogP contribution is -2.50. The van der Waals surface area contributed by atoms with E-state index < -0.39 is 0 Å². The minimum atomic E-state index is -0.345. The number of piperazine rings is 1. The highest BCUT2D eigenvalue weighted by atomic mass is 16.6. The SMILES string of the molecule is CCOC(=O)N1CCN(C(=O)c2ccccc2O)CC1. The fraction of sp³-hybridized carbons (Fsp3) is 0.429. The highest BCUT2D eigenvalue weighted by Crippen LogP contribution is 2.18. The smallest absolute Gasteiger partial charge is 0.409 e. The Morgan fingerprint density at radius 2 is 1.75 bits per heavy atom. The fourth-order valence-electron chi connectivity index (χ4n) is 2.13. The first-order valence-electron chi connectivity index (χ1n) is 6.62. The summed E-state index contributed by atoms with van der Waals surface area (Å²) in [4.78, 5) is 27.0. The van der Waals surface area contributed by atoms with Crippen LogP contribution in [0.4, 0.5) is 4.79 Å². The predicted molar refractivity (Wildman–Crippen MR) is 72.6 cm³/mol. The van der Waals surface area contributed by atoms with E-state index in [0.29, 0.717) is 32.8 Å². The van der Waals surface area contributed by atoms with Gasteiger partial charge in [0.25, 0.3) is 5.91 Å². The first kappa shape index (κ1) is 14.2. The molecule has 0 aliphatic carbocycles. The predicted octanol–water partition coefficient (Wildman–Crippen LogP) is 1.31. The number of hydrogen-bond acceptors (Lipinski definition) is 4. The molecule has 1 N–H and O–H groups in total. The second-order valence-corrected chi connectivity index (χ2v) is 4.50. The summed E-state index contributed by atoms with van der Waals surface area (Å²) in [7, 11) is 0. The number of benzene rings is 1. The number of ether oxygens (including phenoxy) is 1. The largest absolute Gasteiger partial charge is 0.507 e. The topological polar surface area (TPSA) is 70.1 Å². The molecule has 0 radical (unpaired) electrons. The van der Waals surface area contributed by atoms with Gasteiger partial charge in [0.05, 0.1) is 12.2 Å². The molecule has 0 bridgehead atoms. The molecule has 2 rings (SSSR count). The van der Waals surface area contributed by atoms with Gasteiger partial charge in [-0.3, -0.25) is 4.79 Å². The standard InChI is InChI=1S/C14H18N2O4/c1-2-20-14(19)16-9-7-15(8-10-16)13(18)11-5-3-4-6-12(11)17/h3-6,17H,2,7-10H2,1H3. The summed E-state index contributed by atoms with van der Waals surface area (Å²) >= 11 is 0. The van der Waals surface area contributed by atoms with Crippen LogP contribution in [0.2, 0.25) is 0 Å². The van der Waals surface area contributed by atoms with Crippen LogP contribution in [0.25, 0.3) is 0 Å². The number of amides is 2. The molecule has 0 unspecified atom stereocenters. The zero-order valence-electron chi connectivity index (χ0n) is 11.4. The van der Waals surface area contributed by atoms with E-state index in [0.717, 1.165) is 0 Å². The summed E-state index contributed by atoms with van der Waals surface area (Å²) in [5, 5.41) is 9.69. The van der Waals surface area contributed by atoms with Crippen molar-refractivity contribution in [2.45, 2.75) is 6.92 Å². The molecule has 108 valence electrons. The number of nitrogens with zero attached hydrogens (tertiary/aromatic N) is 2. The Kier molecular flexibility index (Phi) is 4.45. The minimum Gasteiger partial charge on any atom is -0.507 e. The molecule has 2 amide bonds. The van der Waals surface area contributed by atoms with Crippen LogP contribution in [-0.2, 0) is 4.74 Å². The number of aromatic hydroxyl groups is 1. The Bertz CT molecular complexity index is 496. The molecule has 1 aromatic carbocycles. The Morgan fingerprint density at radius 3 is 2.35 bits per heavy atom. The zero-order chi connectivity index (χ0) is 14.5. The van der Waals surface area contributed by atoms with Gasteiger partial charge in [-0.15, -0.1) is 0 Å². The molecule has 1 heterocycles. The lowest BCUT2D eigenvalue weighted by molar-refractivity contribution is 0.0568. The molecule has 1 saturated heterocycles.